The average molecular weight is 235 g/mol. The normalized spacial score (nSPS) is 37.1. The van der Waals surface area contributed by atoms with Crippen molar-refractivity contribution in [3.05, 3.63) is 21.9 Å². The predicted octanol–water partition coefficient (Wildman–Crippen LogP) is 3.37. The Morgan fingerprint density at radius 2 is 2.19 bits per heavy atom. The van der Waals surface area contributed by atoms with Crippen molar-refractivity contribution in [1.29, 1.82) is 0 Å². The fourth-order valence-electron chi connectivity index (χ4n) is 3.73. The highest BCUT2D eigenvalue weighted by molar-refractivity contribution is 7.12. The highest BCUT2D eigenvalue weighted by atomic mass is 32.1. The number of thiophene rings is 1. The zero-order valence-electron chi connectivity index (χ0n) is 10.0. The topological polar surface area (TPSA) is 26.0 Å². The molecule has 3 rings (SSSR count). The van der Waals surface area contributed by atoms with Gasteiger partial charge in [0, 0.05) is 21.7 Å². The van der Waals surface area contributed by atoms with Gasteiger partial charge in [-0.2, -0.15) is 0 Å². The Balaban J connectivity index is 1.74. The minimum absolute atomic E-state index is 0.138. The second kappa shape index (κ2) is 3.85. The molecule has 1 aromatic rings. The number of nitrogens with two attached hydrogens (primary N) is 1. The molecule has 3 atom stereocenters. The SMILES string of the molecule is CCc1ccc(CC2(N)CC3CCC2C3)s1. The van der Waals surface area contributed by atoms with E-state index in [1.54, 1.807) is 0 Å². The number of fused-ring (bicyclic) bond motifs is 2. The maximum atomic E-state index is 6.63. The van der Waals surface area contributed by atoms with Gasteiger partial charge >= 0.3 is 0 Å². The van der Waals surface area contributed by atoms with Gasteiger partial charge in [-0.1, -0.05) is 13.3 Å². The Kier molecular flexibility index (Phi) is 2.60. The van der Waals surface area contributed by atoms with Gasteiger partial charge in [0.25, 0.3) is 0 Å². The van der Waals surface area contributed by atoms with Crippen LogP contribution < -0.4 is 5.73 Å². The molecule has 2 fully saturated rings. The summed E-state index contributed by atoms with van der Waals surface area (Å²) in [6, 6.07) is 4.57. The third-order valence-electron chi connectivity index (χ3n) is 4.59. The summed E-state index contributed by atoms with van der Waals surface area (Å²) in [6.45, 7) is 2.23. The van der Waals surface area contributed by atoms with Crippen molar-refractivity contribution < 1.29 is 0 Å². The molecule has 16 heavy (non-hydrogen) atoms. The molecule has 88 valence electrons. The first-order valence-electron chi connectivity index (χ1n) is 6.56. The molecule has 0 amide bonds. The van der Waals surface area contributed by atoms with Gasteiger partial charge in [0.2, 0.25) is 0 Å². The molecular weight excluding hydrogens is 214 g/mol. The summed E-state index contributed by atoms with van der Waals surface area (Å²) in [6.07, 6.45) is 7.79. The summed E-state index contributed by atoms with van der Waals surface area (Å²) in [7, 11) is 0. The van der Waals surface area contributed by atoms with E-state index in [-0.39, 0.29) is 5.54 Å². The van der Waals surface area contributed by atoms with Gasteiger partial charge in [-0.15, -0.1) is 11.3 Å². The Morgan fingerprint density at radius 3 is 2.75 bits per heavy atom. The molecule has 0 aliphatic heterocycles. The largest absolute Gasteiger partial charge is 0.325 e. The summed E-state index contributed by atoms with van der Waals surface area (Å²) < 4.78 is 0. The summed E-state index contributed by atoms with van der Waals surface area (Å²) in [5.74, 6) is 1.75. The molecule has 2 N–H and O–H groups in total. The maximum absolute atomic E-state index is 6.63. The first kappa shape index (κ1) is 10.8. The number of rotatable bonds is 3. The maximum Gasteiger partial charge on any atom is 0.0234 e. The minimum Gasteiger partial charge on any atom is -0.325 e. The van der Waals surface area contributed by atoms with Crippen LogP contribution in [0.4, 0.5) is 0 Å². The van der Waals surface area contributed by atoms with Crippen LogP contribution in [-0.4, -0.2) is 5.54 Å². The van der Waals surface area contributed by atoms with Crippen LogP contribution in [0.2, 0.25) is 0 Å². The number of aryl methyl sites for hydroxylation is 1. The van der Waals surface area contributed by atoms with E-state index < -0.39 is 0 Å². The molecule has 2 bridgehead atoms. The summed E-state index contributed by atoms with van der Waals surface area (Å²) >= 11 is 1.97. The lowest BCUT2D eigenvalue weighted by molar-refractivity contribution is 0.271. The van der Waals surface area contributed by atoms with Crippen molar-refractivity contribution in [3.63, 3.8) is 0 Å². The van der Waals surface area contributed by atoms with Crippen molar-refractivity contribution in [3.8, 4) is 0 Å². The van der Waals surface area contributed by atoms with Crippen molar-refractivity contribution in [2.24, 2.45) is 17.6 Å². The van der Waals surface area contributed by atoms with Crippen molar-refractivity contribution >= 4 is 11.3 Å². The Labute approximate surface area is 102 Å². The Morgan fingerprint density at radius 1 is 1.38 bits per heavy atom. The molecule has 2 saturated carbocycles. The van der Waals surface area contributed by atoms with E-state index in [1.165, 1.54) is 35.4 Å². The number of hydrogen-bond acceptors (Lipinski definition) is 2. The van der Waals surface area contributed by atoms with E-state index >= 15 is 0 Å². The van der Waals surface area contributed by atoms with Crippen molar-refractivity contribution in [1.82, 2.24) is 0 Å². The second-order valence-corrected chi connectivity index (χ2v) is 6.96. The molecule has 1 heterocycles. The second-order valence-electron chi connectivity index (χ2n) is 5.71. The molecule has 2 aliphatic rings. The van der Waals surface area contributed by atoms with Crippen LogP contribution in [-0.2, 0) is 12.8 Å². The molecule has 2 aliphatic carbocycles. The quantitative estimate of drug-likeness (QED) is 0.854. The van der Waals surface area contributed by atoms with Crippen LogP contribution in [0.3, 0.4) is 0 Å². The van der Waals surface area contributed by atoms with Crippen molar-refractivity contribution in [2.45, 2.75) is 51.0 Å². The van der Waals surface area contributed by atoms with Gasteiger partial charge in [-0.25, -0.2) is 0 Å². The average Bonchev–Trinajstić information content (AvgIpc) is 2.92. The molecule has 0 aromatic carbocycles. The molecule has 0 radical (unpaired) electrons. The summed E-state index contributed by atoms with van der Waals surface area (Å²) in [4.78, 5) is 3.01. The summed E-state index contributed by atoms with van der Waals surface area (Å²) in [5.41, 5.74) is 6.77. The van der Waals surface area contributed by atoms with Crippen LogP contribution in [0.15, 0.2) is 12.1 Å². The Hall–Kier alpha value is -0.340. The lowest BCUT2D eigenvalue weighted by Crippen LogP contribution is -2.46. The lowest BCUT2D eigenvalue weighted by atomic mass is 9.79. The van der Waals surface area contributed by atoms with Gasteiger partial charge in [-0.05, 0) is 49.7 Å². The van der Waals surface area contributed by atoms with Crippen LogP contribution in [0.1, 0.15) is 42.4 Å². The van der Waals surface area contributed by atoms with E-state index in [9.17, 15) is 0 Å². The third kappa shape index (κ3) is 1.72. The van der Waals surface area contributed by atoms with Crippen molar-refractivity contribution in [2.75, 3.05) is 0 Å². The van der Waals surface area contributed by atoms with Crippen LogP contribution in [0, 0.1) is 11.8 Å². The molecule has 1 aromatic heterocycles. The van der Waals surface area contributed by atoms with Gasteiger partial charge < -0.3 is 5.73 Å². The molecular formula is C14H21NS. The highest BCUT2D eigenvalue weighted by Gasteiger charge is 2.48. The van der Waals surface area contributed by atoms with Gasteiger partial charge in [-0.3, -0.25) is 0 Å². The van der Waals surface area contributed by atoms with E-state index in [1.807, 2.05) is 11.3 Å². The van der Waals surface area contributed by atoms with E-state index in [2.05, 4.69) is 19.1 Å². The summed E-state index contributed by atoms with van der Waals surface area (Å²) in [5, 5.41) is 0. The highest BCUT2D eigenvalue weighted by Crippen LogP contribution is 2.50. The first-order valence-corrected chi connectivity index (χ1v) is 7.38. The molecule has 0 spiro atoms. The minimum atomic E-state index is 0.138. The first-order chi connectivity index (χ1) is 7.69. The monoisotopic (exact) mass is 235 g/mol. The third-order valence-corrected chi connectivity index (χ3v) is 5.82. The molecule has 3 unspecified atom stereocenters. The van der Waals surface area contributed by atoms with Crippen LogP contribution in [0.25, 0.3) is 0 Å². The smallest absolute Gasteiger partial charge is 0.0234 e. The van der Waals surface area contributed by atoms with E-state index in [0.29, 0.717) is 0 Å². The van der Waals surface area contributed by atoms with Gasteiger partial charge in [0.15, 0.2) is 0 Å². The van der Waals surface area contributed by atoms with Gasteiger partial charge in [0.1, 0.15) is 0 Å². The van der Waals surface area contributed by atoms with Crippen LogP contribution in [0.5, 0.6) is 0 Å². The molecule has 0 saturated heterocycles. The molecule has 2 heteroatoms. The predicted molar refractivity (Wildman–Crippen MR) is 69.8 cm³/mol. The number of hydrogen-bond donors (Lipinski definition) is 1. The zero-order valence-corrected chi connectivity index (χ0v) is 10.9. The van der Waals surface area contributed by atoms with Crippen LogP contribution >= 0.6 is 11.3 Å². The zero-order chi connectivity index (χ0) is 11.2. The van der Waals surface area contributed by atoms with Gasteiger partial charge in [0.05, 0.1) is 0 Å². The van der Waals surface area contributed by atoms with E-state index in [0.717, 1.165) is 24.7 Å². The fourth-order valence-corrected chi connectivity index (χ4v) is 4.83. The van der Waals surface area contributed by atoms with E-state index in [4.69, 9.17) is 5.73 Å². The fraction of sp³-hybridized carbons (Fsp3) is 0.714. The molecule has 1 nitrogen and oxygen atoms in total. The standard InChI is InChI=1S/C14H21NS/c1-2-12-5-6-13(16-12)9-14(15)8-10-3-4-11(14)7-10/h5-6,10-11H,2-4,7-9,15H2,1H3. The lowest BCUT2D eigenvalue weighted by Gasteiger charge is -2.33. The Bertz CT molecular complexity index is 384.